The van der Waals surface area contributed by atoms with E-state index in [0.717, 1.165) is 31.6 Å². The number of likely N-dealkylation sites (tertiary alicyclic amines) is 1. The van der Waals surface area contributed by atoms with Crippen LogP contribution >= 0.6 is 0 Å². The molecule has 0 radical (unpaired) electrons. The first-order chi connectivity index (χ1) is 10.2. The van der Waals surface area contributed by atoms with Crippen molar-refractivity contribution < 1.29 is 9.59 Å². The largest absolute Gasteiger partial charge is 0.353 e. The molecule has 1 aromatic rings. The minimum atomic E-state index is 0.158. The molecule has 2 amide bonds. The molecule has 112 valence electrons. The van der Waals surface area contributed by atoms with Crippen LogP contribution in [0.1, 0.15) is 31.4 Å². The van der Waals surface area contributed by atoms with Crippen LogP contribution in [0, 0.1) is 5.92 Å². The molecular formula is C16H21N3O2. The van der Waals surface area contributed by atoms with E-state index in [0.29, 0.717) is 25.2 Å². The van der Waals surface area contributed by atoms with E-state index < -0.39 is 0 Å². The number of aryl methyl sites for hydroxylation is 1. The maximum atomic E-state index is 12.3. The number of aromatic nitrogens is 1. The summed E-state index contributed by atoms with van der Waals surface area (Å²) in [5, 5.41) is 3.05. The van der Waals surface area contributed by atoms with Crippen LogP contribution < -0.4 is 5.32 Å². The first-order valence-electron chi connectivity index (χ1n) is 7.69. The lowest BCUT2D eigenvalue weighted by Gasteiger charge is -2.41. The Morgan fingerprint density at radius 1 is 1.38 bits per heavy atom. The van der Waals surface area contributed by atoms with E-state index in [-0.39, 0.29) is 17.9 Å². The molecule has 1 aromatic heterocycles. The molecule has 2 saturated heterocycles. The van der Waals surface area contributed by atoms with Gasteiger partial charge >= 0.3 is 0 Å². The number of piperidine rings is 2. The quantitative estimate of drug-likeness (QED) is 0.907. The van der Waals surface area contributed by atoms with Crippen molar-refractivity contribution in [1.29, 1.82) is 0 Å². The maximum Gasteiger partial charge on any atom is 0.222 e. The van der Waals surface area contributed by atoms with E-state index in [1.165, 1.54) is 0 Å². The van der Waals surface area contributed by atoms with Gasteiger partial charge in [-0.1, -0.05) is 6.07 Å². The molecule has 0 spiro atoms. The van der Waals surface area contributed by atoms with E-state index in [2.05, 4.69) is 10.3 Å². The van der Waals surface area contributed by atoms with Crippen molar-refractivity contribution in [2.45, 2.75) is 38.1 Å². The Balaban J connectivity index is 1.51. The van der Waals surface area contributed by atoms with Crippen molar-refractivity contribution in [3.8, 4) is 0 Å². The first kappa shape index (κ1) is 14.0. The van der Waals surface area contributed by atoms with Gasteiger partial charge in [0.2, 0.25) is 11.8 Å². The predicted molar refractivity (Wildman–Crippen MR) is 78.4 cm³/mol. The normalized spacial score (nSPS) is 25.1. The van der Waals surface area contributed by atoms with Crippen molar-refractivity contribution >= 4 is 11.8 Å². The summed E-state index contributed by atoms with van der Waals surface area (Å²) in [5.74, 6) is 0.789. The Bertz CT molecular complexity index is 518. The molecular weight excluding hydrogens is 266 g/mol. The van der Waals surface area contributed by atoms with Gasteiger partial charge in [-0.25, -0.2) is 0 Å². The zero-order chi connectivity index (χ0) is 14.7. The third-order valence-corrected chi connectivity index (χ3v) is 4.50. The number of hydrogen-bond acceptors (Lipinski definition) is 3. The lowest BCUT2D eigenvalue weighted by Crippen LogP contribution is -2.55. The lowest BCUT2D eigenvalue weighted by molar-refractivity contribution is -0.134. The molecule has 21 heavy (non-hydrogen) atoms. The van der Waals surface area contributed by atoms with E-state index in [4.69, 9.17) is 0 Å². The third kappa shape index (κ3) is 3.40. The lowest BCUT2D eigenvalue weighted by atomic mass is 9.85. The van der Waals surface area contributed by atoms with Crippen molar-refractivity contribution in [3.05, 3.63) is 30.1 Å². The summed E-state index contributed by atoms with van der Waals surface area (Å²) in [6, 6.07) is 6.05. The van der Waals surface area contributed by atoms with E-state index in [9.17, 15) is 9.59 Å². The van der Waals surface area contributed by atoms with Crippen LogP contribution in [0.5, 0.6) is 0 Å². The highest BCUT2D eigenvalue weighted by molar-refractivity contribution is 5.78. The monoisotopic (exact) mass is 287 g/mol. The molecule has 2 atom stereocenters. The Labute approximate surface area is 124 Å². The number of rotatable bonds is 3. The fourth-order valence-corrected chi connectivity index (χ4v) is 3.28. The van der Waals surface area contributed by atoms with Crippen LogP contribution in [0.15, 0.2) is 24.4 Å². The summed E-state index contributed by atoms with van der Waals surface area (Å²) < 4.78 is 0. The maximum absolute atomic E-state index is 12.3. The minimum Gasteiger partial charge on any atom is -0.353 e. The van der Waals surface area contributed by atoms with Gasteiger partial charge in [0.05, 0.1) is 0 Å². The molecule has 1 N–H and O–H groups in total. The van der Waals surface area contributed by atoms with E-state index in [1.54, 1.807) is 6.20 Å². The van der Waals surface area contributed by atoms with Crippen LogP contribution in [0.2, 0.25) is 0 Å². The Morgan fingerprint density at radius 2 is 2.29 bits per heavy atom. The molecule has 0 aromatic carbocycles. The van der Waals surface area contributed by atoms with E-state index >= 15 is 0 Å². The van der Waals surface area contributed by atoms with Gasteiger partial charge in [-0.15, -0.1) is 0 Å². The topological polar surface area (TPSA) is 62.3 Å². The Morgan fingerprint density at radius 3 is 3.10 bits per heavy atom. The van der Waals surface area contributed by atoms with Crippen LogP contribution in [0.4, 0.5) is 0 Å². The summed E-state index contributed by atoms with van der Waals surface area (Å²) in [7, 11) is 0. The number of nitrogens with zero attached hydrogens (tertiary/aromatic N) is 2. The second-order valence-corrected chi connectivity index (χ2v) is 5.92. The molecule has 0 saturated carbocycles. The summed E-state index contributed by atoms with van der Waals surface area (Å²) in [4.78, 5) is 29.9. The third-order valence-electron chi connectivity index (χ3n) is 4.50. The summed E-state index contributed by atoms with van der Waals surface area (Å²) in [6.07, 6.45) is 5.35. The average molecular weight is 287 g/mol. The average Bonchev–Trinajstić information content (AvgIpc) is 2.53. The van der Waals surface area contributed by atoms with Crippen molar-refractivity contribution in [2.24, 2.45) is 5.92 Å². The Kier molecular flexibility index (Phi) is 4.18. The van der Waals surface area contributed by atoms with Gasteiger partial charge < -0.3 is 10.2 Å². The highest BCUT2D eigenvalue weighted by Crippen LogP contribution is 2.25. The number of carbonyl (C=O) groups is 2. The Hall–Kier alpha value is -1.91. The molecule has 5 heteroatoms. The van der Waals surface area contributed by atoms with Crippen LogP contribution in [0.25, 0.3) is 0 Å². The molecule has 2 unspecified atom stereocenters. The van der Waals surface area contributed by atoms with Gasteiger partial charge in [-0.3, -0.25) is 14.6 Å². The molecule has 3 heterocycles. The van der Waals surface area contributed by atoms with Gasteiger partial charge in [-0.2, -0.15) is 0 Å². The molecule has 5 nitrogen and oxygen atoms in total. The molecule has 0 aliphatic carbocycles. The first-order valence-corrected chi connectivity index (χ1v) is 7.69. The number of pyridine rings is 1. The van der Waals surface area contributed by atoms with Gasteiger partial charge in [-0.05, 0) is 37.3 Å². The number of carbonyl (C=O) groups excluding carboxylic acids is 2. The molecule has 3 rings (SSSR count). The van der Waals surface area contributed by atoms with Gasteiger partial charge in [0.1, 0.15) is 0 Å². The van der Waals surface area contributed by atoms with Crippen LogP contribution in [0.3, 0.4) is 0 Å². The van der Waals surface area contributed by atoms with Crippen molar-refractivity contribution in [2.75, 3.05) is 13.1 Å². The van der Waals surface area contributed by atoms with Crippen molar-refractivity contribution in [1.82, 2.24) is 15.2 Å². The summed E-state index contributed by atoms with van der Waals surface area (Å²) >= 11 is 0. The van der Waals surface area contributed by atoms with Crippen molar-refractivity contribution in [3.63, 3.8) is 0 Å². The summed E-state index contributed by atoms with van der Waals surface area (Å²) in [6.45, 7) is 1.54. The zero-order valence-electron chi connectivity index (χ0n) is 12.1. The molecule has 2 aliphatic rings. The number of hydrogen-bond donors (Lipinski definition) is 1. The standard InChI is InChI=1S/C16H21N3O2/c20-15-6-4-12-11-19(10-8-14(12)18-15)16(21)7-5-13-3-1-2-9-17-13/h1-3,9,12,14H,4-8,10-11H2,(H,18,20). The number of amides is 2. The van der Waals surface area contributed by atoms with Gasteiger partial charge in [0, 0.05) is 43.9 Å². The van der Waals surface area contributed by atoms with Crippen LogP contribution in [-0.4, -0.2) is 40.8 Å². The molecule has 2 aliphatic heterocycles. The molecule has 2 fully saturated rings. The fourth-order valence-electron chi connectivity index (χ4n) is 3.28. The van der Waals surface area contributed by atoms with E-state index in [1.807, 2.05) is 23.1 Å². The predicted octanol–water partition coefficient (Wildman–Crippen LogP) is 1.14. The summed E-state index contributed by atoms with van der Waals surface area (Å²) in [5.41, 5.74) is 0.964. The SMILES string of the molecule is O=C1CCC2CN(C(=O)CCc3ccccn3)CCC2N1. The second kappa shape index (κ2) is 6.24. The molecule has 0 bridgehead atoms. The van der Waals surface area contributed by atoms with Gasteiger partial charge in [0.15, 0.2) is 0 Å². The fraction of sp³-hybridized carbons (Fsp3) is 0.562. The second-order valence-electron chi connectivity index (χ2n) is 5.92. The highest BCUT2D eigenvalue weighted by Gasteiger charge is 2.34. The number of fused-ring (bicyclic) bond motifs is 1. The highest BCUT2D eigenvalue weighted by atomic mass is 16.2. The smallest absolute Gasteiger partial charge is 0.222 e. The number of nitrogens with one attached hydrogen (secondary N) is 1. The zero-order valence-corrected chi connectivity index (χ0v) is 12.1. The minimum absolute atomic E-state index is 0.158. The van der Waals surface area contributed by atoms with Gasteiger partial charge in [0.25, 0.3) is 0 Å². The van der Waals surface area contributed by atoms with Crippen LogP contribution in [-0.2, 0) is 16.0 Å².